The van der Waals surface area contributed by atoms with Crippen LogP contribution in [0, 0.1) is 6.92 Å². The van der Waals surface area contributed by atoms with Gasteiger partial charge >= 0.3 is 12.1 Å². The van der Waals surface area contributed by atoms with Gasteiger partial charge in [0.15, 0.2) is 0 Å². The predicted octanol–water partition coefficient (Wildman–Crippen LogP) is 5.50. The van der Waals surface area contributed by atoms with Gasteiger partial charge in [-0.15, -0.1) is 0 Å². The van der Waals surface area contributed by atoms with Crippen LogP contribution in [-0.2, 0) is 19.6 Å². The molecule has 0 bridgehead atoms. The molecule has 0 amide bonds. The summed E-state index contributed by atoms with van der Waals surface area (Å²) in [5.74, 6) is -1.24. The zero-order valence-corrected chi connectivity index (χ0v) is 15.7. The monoisotopic (exact) mass is 416 g/mol. The molecule has 142 valence electrons. The maximum Gasteiger partial charge on any atom is 0.416 e. The minimum Gasteiger partial charge on any atom is -0.478 e. The Kier molecular flexibility index (Phi) is 4.86. The number of aromatic nitrogens is 2. The van der Waals surface area contributed by atoms with E-state index in [0.29, 0.717) is 27.7 Å². The van der Waals surface area contributed by atoms with Crippen LogP contribution in [0.1, 0.15) is 32.7 Å². The van der Waals surface area contributed by atoms with Gasteiger partial charge in [0.05, 0.1) is 16.1 Å². The first-order valence-corrected chi connectivity index (χ1v) is 8.48. The molecule has 0 saturated heterocycles. The second kappa shape index (κ2) is 6.73. The number of alkyl halides is 3. The number of aromatic carboxylic acids is 1. The van der Waals surface area contributed by atoms with Gasteiger partial charge in [0.2, 0.25) is 0 Å². The van der Waals surface area contributed by atoms with Crippen molar-refractivity contribution in [1.29, 1.82) is 0 Å². The highest BCUT2D eigenvalue weighted by Gasteiger charge is 2.31. The molecule has 2 aromatic heterocycles. The maximum atomic E-state index is 13.1. The summed E-state index contributed by atoms with van der Waals surface area (Å²) in [4.78, 5) is 15.1. The Balaban J connectivity index is 2.15. The summed E-state index contributed by atoms with van der Waals surface area (Å²) in [5.41, 5.74) is 0.901. The van der Waals surface area contributed by atoms with Gasteiger partial charge in [-0.2, -0.15) is 13.2 Å². The fourth-order valence-corrected chi connectivity index (χ4v) is 3.53. The number of benzene rings is 1. The molecule has 3 aromatic rings. The average Bonchev–Trinajstić information content (AvgIpc) is 2.87. The number of carboxylic acid groups (broad SMARTS) is 1. The quantitative estimate of drug-likeness (QED) is 0.573. The Morgan fingerprint density at radius 2 is 1.93 bits per heavy atom. The molecule has 1 N–H and O–H groups in total. The van der Waals surface area contributed by atoms with Crippen LogP contribution in [0.2, 0.25) is 10.2 Å². The molecule has 0 saturated carbocycles. The summed E-state index contributed by atoms with van der Waals surface area (Å²) >= 11 is 12.2. The third-order valence-electron chi connectivity index (χ3n) is 4.44. The summed E-state index contributed by atoms with van der Waals surface area (Å²) < 4.78 is 40.9. The van der Waals surface area contributed by atoms with Crippen molar-refractivity contribution in [1.82, 2.24) is 9.55 Å². The van der Waals surface area contributed by atoms with E-state index in [1.807, 2.05) is 0 Å². The Hall–Kier alpha value is -2.25. The molecular weight excluding hydrogens is 404 g/mol. The fourth-order valence-electron chi connectivity index (χ4n) is 2.99. The minimum atomic E-state index is -4.45. The molecule has 2 heterocycles. The second-order valence-electron chi connectivity index (χ2n) is 6.16. The molecule has 27 heavy (non-hydrogen) atoms. The average molecular weight is 417 g/mol. The Bertz CT molecular complexity index is 1070. The lowest BCUT2D eigenvalue weighted by Gasteiger charge is -2.11. The highest BCUT2D eigenvalue weighted by Crippen LogP contribution is 2.35. The number of hydrogen-bond donors (Lipinski definition) is 1. The van der Waals surface area contributed by atoms with Crippen molar-refractivity contribution in [3.63, 3.8) is 0 Å². The van der Waals surface area contributed by atoms with Crippen LogP contribution in [0.25, 0.3) is 10.9 Å². The summed E-state index contributed by atoms with van der Waals surface area (Å²) in [6.45, 7) is 1.61. The van der Waals surface area contributed by atoms with Gasteiger partial charge in [0.25, 0.3) is 0 Å². The van der Waals surface area contributed by atoms with Crippen LogP contribution in [0.4, 0.5) is 13.2 Å². The summed E-state index contributed by atoms with van der Waals surface area (Å²) in [5, 5.41) is 9.85. The Morgan fingerprint density at radius 1 is 1.26 bits per heavy atom. The first kappa shape index (κ1) is 19.5. The van der Waals surface area contributed by atoms with Crippen LogP contribution < -0.4 is 0 Å². The van der Waals surface area contributed by atoms with Crippen molar-refractivity contribution in [2.45, 2.75) is 19.5 Å². The number of carbonyl (C=O) groups is 1. The molecule has 4 nitrogen and oxygen atoms in total. The first-order valence-electron chi connectivity index (χ1n) is 7.73. The highest BCUT2D eigenvalue weighted by atomic mass is 35.5. The molecule has 0 aliphatic heterocycles. The molecular formula is C18H13Cl2F3N2O2. The lowest BCUT2D eigenvalue weighted by Crippen LogP contribution is -2.06. The van der Waals surface area contributed by atoms with Gasteiger partial charge in [-0.05, 0) is 30.7 Å². The molecule has 0 spiro atoms. The van der Waals surface area contributed by atoms with E-state index >= 15 is 0 Å². The van der Waals surface area contributed by atoms with Crippen molar-refractivity contribution >= 4 is 40.1 Å². The lowest BCUT2D eigenvalue weighted by atomic mass is 10.1. The fraction of sp³-hybridized carbons (Fsp3) is 0.222. The normalized spacial score (nSPS) is 12.0. The van der Waals surface area contributed by atoms with Crippen molar-refractivity contribution < 1.29 is 23.1 Å². The second-order valence-corrected chi connectivity index (χ2v) is 6.89. The SMILES string of the molecule is Cc1cc(C(F)(F)F)cc2c1cc(Cc1c(Cl)ncc(C(=O)O)c1Cl)n2C. The maximum absolute atomic E-state index is 13.1. The van der Waals surface area contributed by atoms with Crippen LogP contribution >= 0.6 is 23.2 Å². The van der Waals surface area contributed by atoms with Crippen LogP contribution in [-0.4, -0.2) is 20.6 Å². The van der Waals surface area contributed by atoms with E-state index in [-0.39, 0.29) is 22.2 Å². The number of fused-ring (bicyclic) bond motifs is 1. The van der Waals surface area contributed by atoms with Gasteiger partial charge in [-0.3, -0.25) is 0 Å². The van der Waals surface area contributed by atoms with E-state index in [0.717, 1.165) is 18.3 Å². The topological polar surface area (TPSA) is 55.1 Å². The number of halogens is 5. The van der Waals surface area contributed by atoms with Gasteiger partial charge in [-0.1, -0.05) is 23.2 Å². The summed E-state index contributed by atoms with van der Waals surface area (Å²) in [7, 11) is 1.63. The smallest absolute Gasteiger partial charge is 0.416 e. The first-order chi connectivity index (χ1) is 12.5. The minimum absolute atomic E-state index is 0.0412. The zero-order valence-electron chi connectivity index (χ0n) is 14.2. The molecule has 0 radical (unpaired) electrons. The number of rotatable bonds is 3. The molecule has 0 unspecified atom stereocenters. The van der Waals surface area contributed by atoms with Crippen molar-refractivity contribution in [3.8, 4) is 0 Å². The number of aryl methyl sites for hydroxylation is 2. The zero-order chi connectivity index (χ0) is 20.1. The Labute approximate surface area is 162 Å². The highest BCUT2D eigenvalue weighted by molar-refractivity contribution is 6.37. The van der Waals surface area contributed by atoms with E-state index in [1.54, 1.807) is 24.6 Å². The predicted molar refractivity (Wildman–Crippen MR) is 96.7 cm³/mol. The Morgan fingerprint density at radius 3 is 2.52 bits per heavy atom. The largest absolute Gasteiger partial charge is 0.478 e. The van der Waals surface area contributed by atoms with E-state index in [4.69, 9.17) is 23.2 Å². The van der Waals surface area contributed by atoms with Crippen LogP contribution in [0.3, 0.4) is 0 Å². The molecule has 3 rings (SSSR count). The third-order valence-corrected chi connectivity index (χ3v) is 5.20. The van der Waals surface area contributed by atoms with Gasteiger partial charge in [0, 0.05) is 41.8 Å². The number of pyridine rings is 1. The standard InChI is InChI=1S/C18H13Cl2F3N2O2/c1-8-3-9(18(21,22)23)4-14-11(8)5-10(25(14)2)6-12-15(19)13(17(26)27)7-24-16(12)20/h3-5,7H,6H2,1-2H3,(H,26,27). The van der Waals surface area contributed by atoms with E-state index in [9.17, 15) is 23.1 Å². The summed E-state index contributed by atoms with van der Waals surface area (Å²) in [6.07, 6.45) is -3.26. The van der Waals surface area contributed by atoms with E-state index in [1.165, 1.54) is 0 Å². The van der Waals surface area contributed by atoms with Gasteiger partial charge < -0.3 is 9.67 Å². The van der Waals surface area contributed by atoms with E-state index < -0.39 is 17.7 Å². The third kappa shape index (κ3) is 3.49. The van der Waals surface area contributed by atoms with Crippen LogP contribution in [0.15, 0.2) is 24.4 Å². The molecule has 9 heteroatoms. The van der Waals surface area contributed by atoms with Gasteiger partial charge in [-0.25, -0.2) is 9.78 Å². The molecule has 0 fully saturated rings. The summed E-state index contributed by atoms with van der Waals surface area (Å²) in [6, 6.07) is 3.92. The molecule has 1 aromatic carbocycles. The number of carboxylic acids is 1. The van der Waals surface area contributed by atoms with Gasteiger partial charge in [0.1, 0.15) is 5.15 Å². The van der Waals surface area contributed by atoms with E-state index in [2.05, 4.69) is 4.98 Å². The molecule has 0 aliphatic rings. The van der Waals surface area contributed by atoms with Crippen molar-refractivity contribution in [3.05, 3.63) is 62.5 Å². The van der Waals surface area contributed by atoms with Crippen LogP contribution in [0.5, 0.6) is 0 Å². The number of nitrogens with zero attached hydrogens (tertiary/aromatic N) is 2. The van der Waals surface area contributed by atoms with Crippen molar-refractivity contribution in [2.75, 3.05) is 0 Å². The molecule has 0 atom stereocenters. The van der Waals surface area contributed by atoms with Crippen molar-refractivity contribution in [2.24, 2.45) is 7.05 Å². The lowest BCUT2D eigenvalue weighted by molar-refractivity contribution is -0.137. The number of hydrogen-bond acceptors (Lipinski definition) is 2. The molecule has 0 aliphatic carbocycles.